The van der Waals surface area contributed by atoms with Crippen molar-refractivity contribution in [3.8, 4) is 0 Å². The summed E-state index contributed by atoms with van der Waals surface area (Å²) in [4.78, 5) is 14.9. The molecule has 1 aromatic rings. The number of carbonyl (C=O) groups is 1. The lowest BCUT2D eigenvalue weighted by molar-refractivity contribution is 0.0697. The second kappa shape index (κ2) is 4.29. The van der Waals surface area contributed by atoms with E-state index in [2.05, 4.69) is 17.2 Å². The third-order valence-electron chi connectivity index (χ3n) is 2.79. The van der Waals surface area contributed by atoms with Crippen molar-refractivity contribution >= 4 is 23.4 Å². The molecule has 1 aliphatic carbocycles. The first-order valence-corrected chi connectivity index (χ1v) is 5.61. The fourth-order valence-electron chi connectivity index (χ4n) is 1.63. The monoisotopic (exact) mass is 240 g/mol. The molecule has 0 bridgehead atoms. The van der Waals surface area contributed by atoms with Crippen LogP contribution in [-0.4, -0.2) is 22.1 Å². The van der Waals surface area contributed by atoms with E-state index < -0.39 is 5.97 Å². The Labute approximate surface area is 98.6 Å². The number of halogens is 1. The summed E-state index contributed by atoms with van der Waals surface area (Å²) < 4.78 is 0. The molecule has 0 aliphatic heterocycles. The van der Waals surface area contributed by atoms with E-state index in [1.165, 1.54) is 25.1 Å². The van der Waals surface area contributed by atoms with Crippen LogP contribution in [0.3, 0.4) is 0 Å². The van der Waals surface area contributed by atoms with Crippen molar-refractivity contribution in [3.05, 3.63) is 22.8 Å². The van der Waals surface area contributed by atoms with E-state index in [1.807, 2.05) is 0 Å². The predicted molar refractivity (Wildman–Crippen MR) is 62.0 cm³/mol. The zero-order chi connectivity index (χ0) is 11.7. The second-order valence-electron chi connectivity index (χ2n) is 4.12. The van der Waals surface area contributed by atoms with Gasteiger partial charge in [-0.25, -0.2) is 9.78 Å². The fourth-order valence-corrected chi connectivity index (χ4v) is 1.81. The van der Waals surface area contributed by atoms with E-state index in [0.717, 1.165) is 0 Å². The SMILES string of the molecule is CC(Nc1cc(C(=O)O)c(Cl)cn1)C1CC1. The molecular formula is C11H13ClN2O2. The molecule has 4 nitrogen and oxygen atoms in total. The molecule has 0 spiro atoms. The molecule has 1 aliphatic rings. The number of nitrogens with one attached hydrogen (secondary N) is 1. The number of nitrogens with zero attached hydrogens (tertiary/aromatic N) is 1. The number of carboxylic acids is 1. The van der Waals surface area contributed by atoms with Crippen molar-refractivity contribution in [1.29, 1.82) is 0 Å². The zero-order valence-electron chi connectivity index (χ0n) is 8.90. The molecule has 1 saturated carbocycles. The lowest BCUT2D eigenvalue weighted by atomic mass is 10.2. The quantitative estimate of drug-likeness (QED) is 0.849. The molecule has 5 heteroatoms. The van der Waals surface area contributed by atoms with Gasteiger partial charge in [-0.2, -0.15) is 0 Å². The lowest BCUT2D eigenvalue weighted by Crippen LogP contribution is -2.18. The Kier molecular flexibility index (Phi) is 3.01. The van der Waals surface area contributed by atoms with Crippen LogP contribution >= 0.6 is 11.6 Å². The molecule has 1 aromatic heterocycles. The minimum absolute atomic E-state index is 0.0853. The Hall–Kier alpha value is -1.29. The van der Waals surface area contributed by atoms with Gasteiger partial charge in [0, 0.05) is 12.2 Å². The number of aromatic carboxylic acids is 1. The van der Waals surface area contributed by atoms with Crippen molar-refractivity contribution in [2.75, 3.05) is 5.32 Å². The number of hydrogen-bond donors (Lipinski definition) is 2. The highest BCUT2D eigenvalue weighted by molar-refractivity contribution is 6.33. The summed E-state index contributed by atoms with van der Waals surface area (Å²) in [6, 6.07) is 1.80. The van der Waals surface area contributed by atoms with Crippen LogP contribution in [0.1, 0.15) is 30.1 Å². The molecule has 1 fully saturated rings. The first-order chi connectivity index (χ1) is 7.58. The molecule has 1 heterocycles. The third-order valence-corrected chi connectivity index (χ3v) is 3.09. The van der Waals surface area contributed by atoms with Crippen molar-refractivity contribution in [2.45, 2.75) is 25.8 Å². The Morgan fingerprint density at radius 1 is 1.69 bits per heavy atom. The normalized spacial score (nSPS) is 16.9. The number of hydrogen-bond acceptors (Lipinski definition) is 3. The number of aromatic nitrogens is 1. The van der Waals surface area contributed by atoms with Crippen LogP contribution in [0.15, 0.2) is 12.3 Å². The lowest BCUT2D eigenvalue weighted by Gasteiger charge is -2.13. The molecule has 86 valence electrons. The van der Waals surface area contributed by atoms with Gasteiger partial charge in [-0.1, -0.05) is 11.6 Å². The van der Waals surface area contributed by atoms with Crippen molar-refractivity contribution in [1.82, 2.24) is 4.98 Å². The highest BCUT2D eigenvalue weighted by Crippen LogP contribution is 2.33. The largest absolute Gasteiger partial charge is 0.478 e. The zero-order valence-corrected chi connectivity index (χ0v) is 9.66. The average molecular weight is 241 g/mol. The van der Waals surface area contributed by atoms with Crippen molar-refractivity contribution in [3.63, 3.8) is 0 Å². The van der Waals surface area contributed by atoms with Gasteiger partial charge in [0.15, 0.2) is 0 Å². The highest BCUT2D eigenvalue weighted by Gasteiger charge is 2.28. The Morgan fingerprint density at radius 2 is 2.38 bits per heavy atom. The smallest absolute Gasteiger partial charge is 0.337 e. The van der Waals surface area contributed by atoms with E-state index >= 15 is 0 Å². The van der Waals surface area contributed by atoms with E-state index in [0.29, 0.717) is 17.8 Å². The van der Waals surface area contributed by atoms with Gasteiger partial charge in [0.2, 0.25) is 0 Å². The number of rotatable bonds is 4. The average Bonchev–Trinajstić information content (AvgIpc) is 3.03. The summed E-state index contributed by atoms with van der Waals surface area (Å²) in [6.45, 7) is 2.08. The summed E-state index contributed by atoms with van der Waals surface area (Å²) >= 11 is 5.73. The second-order valence-corrected chi connectivity index (χ2v) is 4.53. The summed E-state index contributed by atoms with van der Waals surface area (Å²) in [5, 5.41) is 12.3. The topological polar surface area (TPSA) is 62.2 Å². The van der Waals surface area contributed by atoms with Crippen LogP contribution < -0.4 is 5.32 Å². The van der Waals surface area contributed by atoms with Gasteiger partial charge in [0.1, 0.15) is 5.82 Å². The van der Waals surface area contributed by atoms with Crippen LogP contribution in [0, 0.1) is 5.92 Å². The van der Waals surface area contributed by atoms with Gasteiger partial charge in [0.05, 0.1) is 10.6 Å². The van der Waals surface area contributed by atoms with Gasteiger partial charge >= 0.3 is 5.97 Å². The van der Waals surface area contributed by atoms with E-state index in [-0.39, 0.29) is 10.6 Å². The van der Waals surface area contributed by atoms with Crippen LogP contribution in [0.4, 0.5) is 5.82 Å². The maximum atomic E-state index is 10.9. The Bertz CT molecular complexity index is 418. The van der Waals surface area contributed by atoms with Gasteiger partial charge in [-0.3, -0.25) is 0 Å². The van der Waals surface area contributed by atoms with E-state index in [4.69, 9.17) is 16.7 Å². The standard InChI is InChI=1S/C11H13ClN2O2/c1-6(7-2-3-7)14-10-4-8(11(15)16)9(12)5-13-10/h4-7H,2-3H2,1H3,(H,13,14)(H,15,16). The molecule has 2 N–H and O–H groups in total. The van der Waals surface area contributed by atoms with Crippen LogP contribution in [-0.2, 0) is 0 Å². The maximum absolute atomic E-state index is 10.9. The van der Waals surface area contributed by atoms with E-state index in [1.54, 1.807) is 0 Å². The minimum atomic E-state index is -1.03. The number of pyridine rings is 1. The number of anilines is 1. The highest BCUT2D eigenvalue weighted by atomic mass is 35.5. The molecule has 2 rings (SSSR count). The van der Waals surface area contributed by atoms with Gasteiger partial charge in [-0.05, 0) is 31.7 Å². The predicted octanol–water partition coefficient (Wildman–Crippen LogP) is 2.64. The first kappa shape index (κ1) is 11.2. The molecule has 1 unspecified atom stereocenters. The Morgan fingerprint density at radius 3 is 2.94 bits per heavy atom. The van der Waals surface area contributed by atoms with Gasteiger partial charge in [0.25, 0.3) is 0 Å². The first-order valence-electron chi connectivity index (χ1n) is 5.23. The summed E-state index contributed by atoms with van der Waals surface area (Å²) in [5.41, 5.74) is 0.0853. The van der Waals surface area contributed by atoms with Crippen LogP contribution in [0.2, 0.25) is 5.02 Å². The van der Waals surface area contributed by atoms with Crippen LogP contribution in [0.25, 0.3) is 0 Å². The third kappa shape index (κ3) is 2.44. The molecule has 0 radical (unpaired) electrons. The van der Waals surface area contributed by atoms with Crippen molar-refractivity contribution in [2.24, 2.45) is 5.92 Å². The fraction of sp³-hybridized carbons (Fsp3) is 0.455. The molecule has 0 amide bonds. The van der Waals surface area contributed by atoms with Gasteiger partial charge < -0.3 is 10.4 Å². The summed E-state index contributed by atoms with van der Waals surface area (Å²) in [6.07, 6.45) is 3.83. The molecule has 0 aromatic carbocycles. The van der Waals surface area contributed by atoms with Gasteiger partial charge in [-0.15, -0.1) is 0 Å². The summed E-state index contributed by atoms with van der Waals surface area (Å²) in [7, 11) is 0. The minimum Gasteiger partial charge on any atom is -0.478 e. The Balaban J connectivity index is 2.15. The summed E-state index contributed by atoms with van der Waals surface area (Å²) in [5.74, 6) is 0.224. The van der Waals surface area contributed by atoms with Crippen LogP contribution in [0.5, 0.6) is 0 Å². The molecule has 16 heavy (non-hydrogen) atoms. The van der Waals surface area contributed by atoms with Crippen molar-refractivity contribution < 1.29 is 9.90 Å². The van der Waals surface area contributed by atoms with E-state index in [9.17, 15) is 4.79 Å². The molecule has 1 atom stereocenters. The maximum Gasteiger partial charge on any atom is 0.337 e. The number of carboxylic acid groups (broad SMARTS) is 1. The molecule has 0 saturated heterocycles. The molecular weight excluding hydrogens is 228 g/mol.